The molecule has 1 saturated carbocycles. The molecule has 166 valence electrons. The summed E-state index contributed by atoms with van der Waals surface area (Å²) in [6.45, 7) is 0. The summed E-state index contributed by atoms with van der Waals surface area (Å²) >= 11 is 9.16. The number of halogens is 1. The summed E-state index contributed by atoms with van der Waals surface area (Å²) in [6.07, 6.45) is 5.58. The van der Waals surface area contributed by atoms with Crippen molar-refractivity contribution in [1.29, 1.82) is 0 Å². The van der Waals surface area contributed by atoms with Crippen molar-refractivity contribution >= 4 is 57.6 Å². The second kappa shape index (κ2) is 9.04. The van der Waals surface area contributed by atoms with Gasteiger partial charge in [-0.25, -0.2) is 4.99 Å². The van der Waals surface area contributed by atoms with E-state index in [1.165, 1.54) is 18.2 Å². The van der Waals surface area contributed by atoms with E-state index in [4.69, 9.17) is 21.3 Å². The number of carbonyl (C=O) groups excluding carboxylic acids is 1. The molecule has 2 aromatic carbocycles. The molecule has 0 radical (unpaired) electrons. The van der Waals surface area contributed by atoms with E-state index in [2.05, 4.69) is 11.0 Å². The maximum absolute atomic E-state index is 13.7. The first-order valence-electron chi connectivity index (χ1n) is 10.7. The van der Waals surface area contributed by atoms with Gasteiger partial charge in [0.1, 0.15) is 10.7 Å². The van der Waals surface area contributed by atoms with Crippen LogP contribution in [0.25, 0.3) is 0 Å². The summed E-state index contributed by atoms with van der Waals surface area (Å²) in [5.74, 6) is 0.866. The Bertz CT molecular complexity index is 1110. The second-order valence-electron chi connectivity index (χ2n) is 8.07. The highest BCUT2D eigenvalue weighted by atomic mass is 35.5. The predicted molar refractivity (Wildman–Crippen MR) is 134 cm³/mol. The zero-order valence-electron chi connectivity index (χ0n) is 18.0. The maximum atomic E-state index is 13.7. The number of carbonyl (C=O) groups is 1. The van der Waals surface area contributed by atoms with Gasteiger partial charge in [0.2, 0.25) is 0 Å². The van der Waals surface area contributed by atoms with E-state index >= 15 is 0 Å². The van der Waals surface area contributed by atoms with E-state index in [0.29, 0.717) is 5.02 Å². The third-order valence-corrected chi connectivity index (χ3v) is 8.70. The minimum atomic E-state index is 0.0590. The van der Waals surface area contributed by atoms with Gasteiger partial charge in [0, 0.05) is 29.1 Å². The first-order chi connectivity index (χ1) is 15.5. The number of nitrogens with zero attached hydrogens (tertiary/aromatic N) is 3. The lowest BCUT2D eigenvalue weighted by Gasteiger charge is -2.30. The SMILES string of the molecule is COc1ccc2c(c1)N(C)C(=C1SC(=Nc3ccc(Cl)cc3)N(C3CCCCC3)C1=O)S2. The number of rotatable bonds is 3. The third-order valence-electron chi connectivity index (χ3n) is 6.04. The van der Waals surface area contributed by atoms with Crippen LogP contribution in [0.2, 0.25) is 5.02 Å². The monoisotopic (exact) mass is 485 g/mol. The standard InChI is InChI=1S/C24H24ClN3O2S2/c1-27-19-14-18(30-2)12-13-20(19)31-23(27)21-22(29)28(17-6-4-3-5-7-17)24(32-21)26-16-10-8-15(25)9-11-16/h8-14,17H,3-7H2,1-2H3. The van der Waals surface area contributed by atoms with Gasteiger partial charge < -0.3 is 9.64 Å². The number of hydrogen-bond acceptors (Lipinski definition) is 6. The molecule has 0 atom stereocenters. The van der Waals surface area contributed by atoms with Crippen LogP contribution < -0.4 is 9.64 Å². The molecule has 0 N–H and O–H groups in total. The number of amidine groups is 1. The molecular weight excluding hydrogens is 462 g/mol. The molecule has 0 unspecified atom stereocenters. The molecule has 0 spiro atoms. The lowest BCUT2D eigenvalue weighted by molar-refractivity contribution is -0.124. The van der Waals surface area contributed by atoms with Crippen LogP contribution in [0, 0.1) is 0 Å². The first kappa shape index (κ1) is 21.7. The number of benzene rings is 2. The van der Waals surface area contributed by atoms with Crippen LogP contribution in [0.1, 0.15) is 32.1 Å². The predicted octanol–water partition coefficient (Wildman–Crippen LogP) is 6.66. The van der Waals surface area contributed by atoms with E-state index in [0.717, 1.165) is 62.8 Å². The van der Waals surface area contributed by atoms with Crippen LogP contribution in [-0.2, 0) is 4.79 Å². The molecule has 32 heavy (non-hydrogen) atoms. The summed E-state index contributed by atoms with van der Waals surface area (Å²) < 4.78 is 5.40. The molecule has 3 aliphatic rings. The van der Waals surface area contributed by atoms with Gasteiger partial charge >= 0.3 is 0 Å². The van der Waals surface area contributed by atoms with E-state index in [9.17, 15) is 4.79 Å². The fourth-order valence-corrected chi connectivity index (χ4v) is 6.84. The number of ether oxygens (including phenoxy) is 1. The lowest BCUT2D eigenvalue weighted by Crippen LogP contribution is -2.40. The number of anilines is 1. The second-order valence-corrected chi connectivity index (χ2v) is 10.5. The highest BCUT2D eigenvalue weighted by Gasteiger charge is 2.42. The molecule has 2 heterocycles. The number of amides is 1. The van der Waals surface area contributed by atoms with Gasteiger partial charge in [0.15, 0.2) is 5.17 Å². The van der Waals surface area contributed by atoms with Crippen LogP contribution in [0.5, 0.6) is 5.75 Å². The molecule has 1 aliphatic carbocycles. The van der Waals surface area contributed by atoms with Crippen molar-refractivity contribution in [2.24, 2.45) is 4.99 Å². The summed E-state index contributed by atoms with van der Waals surface area (Å²) in [6, 6.07) is 13.7. The van der Waals surface area contributed by atoms with E-state index in [-0.39, 0.29) is 11.9 Å². The number of methoxy groups -OCH3 is 1. The smallest absolute Gasteiger partial charge is 0.269 e. The topological polar surface area (TPSA) is 45.1 Å². The van der Waals surface area contributed by atoms with E-state index < -0.39 is 0 Å². The summed E-state index contributed by atoms with van der Waals surface area (Å²) in [7, 11) is 3.68. The van der Waals surface area contributed by atoms with Gasteiger partial charge in [-0.3, -0.25) is 9.69 Å². The minimum absolute atomic E-state index is 0.0590. The Morgan fingerprint density at radius 2 is 1.81 bits per heavy atom. The largest absolute Gasteiger partial charge is 0.497 e. The molecule has 1 amide bonds. The van der Waals surface area contributed by atoms with Crippen molar-refractivity contribution in [3.63, 3.8) is 0 Å². The van der Waals surface area contributed by atoms with Gasteiger partial charge in [-0.15, -0.1) is 0 Å². The van der Waals surface area contributed by atoms with Gasteiger partial charge in [-0.2, -0.15) is 0 Å². The Balaban J connectivity index is 1.54. The summed E-state index contributed by atoms with van der Waals surface area (Å²) in [5.41, 5.74) is 1.86. The van der Waals surface area contributed by atoms with Crippen molar-refractivity contribution in [2.75, 3.05) is 19.1 Å². The molecular formula is C24H24ClN3O2S2. The van der Waals surface area contributed by atoms with Crippen molar-refractivity contribution in [3.05, 3.63) is 57.4 Å². The lowest BCUT2D eigenvalue weighted by atomic mass is 9.94. The van der Waals surface area contributed by atoms with Crippen LogP contribution in [0.4, 0.5) is 11.4 Å². The van der Waals surface area contributed by atoms with E-state index in [1.807, 2.05) is 48.3 Å². The molecule has 2 fully saturated rings. The molecule has 5 rings (SSSR count). The Morgan fingerprint density at radius 3 is 2.53 bits per heavy atom. The average Bonchev–Trinajstić information content (AvgIpc) is 3.31. The number of thioether (sulfide) groups is 2. The average molecular weight is 486 g/mol. The first-order valence-corrected chi connectivity index (χ1v) is 12.8. The molecule has 0 bridgehead atoms. The Hall–Kier alpha value is -2.09. The number of hydrogen-bond donors (Lipinski definition) is 0. The van der Waals surface area contributed by atoms with Gasteiger partial charge in [-0.1, -0.05) is 42.6 Å². The highest BCUT2D eigenvalue weighted by Crippen LogP contribution is 2.51. The molecule has 8 heteroatoms. The quantitative estimate of drug-likeness (QED) is 0.455. The highest BCUT2D eigenvalue weighted by molar-refractivity contribution is 8.19. The van der Waals surface area contributed by atoms with Crippen LogP contribution in [0.15, 0.2) is 62.3 Å². The Morgan fingerprint density at radius 1 is 1.06 bits per heavy atom. The van der Waals surface area contributed by atoms with Crippen molar-refractivity contribution in [2.45, 2.75) is 43.0 Å². The van der Waals surface area contributed by atoms with Crippen molar-refractivity contribution in [1.82, 2.24) is 4.90 Å². The number of aliphatic imine (C=N–C) groups is 1. The van der Waals surface area contributed by atoms with Gasteiger partial charge in [-0.05, 0) is 61.0 Å². The normalized spacial score (nSPS) is 22.7. The molecule has 0 aromatic heterocycles. The molecule has 2 aromatic rings. The Labute approximate surface area is 201 Å². The minimum Gasteiger partial charge on any atom is -0.497 e. The third kappa shape index (κ3) is 4.02. The fraction of sp³-hybridized carbons (Fsp3) is 0.333. The van der Waals surface area contributed by atoms with Crippen LogP contribution in [0.3, 0.4) is 0 Å². The van der Waals surface area contributed by atoms with E-state index in [1.54, 1.807) is 18.9 Å². The van der Waals surface area contributed by atoms with Crippen LogP contribution >= 0.6 is 35.1 Å². The molecule has 1 saturated heterocycles. The van der Waals surface area contributed by atoms with Crippen molar-refractivity contribution in [3.8, 4) is 5.75 Å². The zero-order chi connectivity index (χ0) is 22.2. The Kier molecular flexibility index (Phi) is 6.14. The fourth-order valence-electron chi connectivity index (χ4n) is 4.33. The van der Waals surface area contributed by atoms with Crippen molar-refractivity contribution < 1.29 is 9.53 Å². The van der Waals surface area contributed by atoms with Crippen LogP contribution in [-0.4, -0.2) is 36.2 Å². The summed E-state index contributed by atoms with van der Waals surface area (Å²) in [4.78, 5) is 24.5. The zero-order valence-corrected chi connectivity index (χ0v) is 20.4. The maximum Gasteiger partial charge on any atom is 0.269 e. The molecule has 5 nitrogen and oxygen atoms in total. The van der Waals surface area contributed by atoms with Gasteiger partial charge in [0.05, 0.1) is 23.5 Å². The molecule has 2 aliphatic heterocycles. The van der Waals surface area contributed by atoms with Gasteiger partial charge in [0.25, 0.3) is 5.91 Å². The number of fused-ring (bicyclic) bond motifs is 1. The summed E-state index contributed by atoms with van der Waals surface area (Å²) in [5, 5.41) is 2.38.